The van der Waals surface area contributed by atoms with Crippen LogP contribution in [-0.4, -0.2) is 41.0 Å². The third kappa shape index (κ3) is 4.06. The number of alkyl halides is 3. The summed E-state index contributed by atoms with van der Waals surface area (Å²) >= 11 is 0. The van der Waals surface area contributed by atoms with Crippen LogP contribution in [0.2, 0.25) is 0 Å². The van der Waals surface area contributed by atoms with Gasteiger partial charge in [-0.1, -0.05) is 6.07 Å². The molecular formula is C17H16F3N5. The summed E-state index contributed by atoms with van der Waals surface area (Å²) in [5.41, 5.74) is 0.659. The van der Waals surface area contributed by atoms with Crippen LogP contribution in [-0.2, 0) is 12.7 Å². The van der Waals surface area contributed by atoms with E-state index in [1.54, 1.807) is 12.3 Å². The molecule has 130 valence electrons. The molecule has 0 radical (unpaired) electrons. The van der Waals surface area contributed by atoms with E-state index < -0.39 is 11.9 Å². The molecular weight excluding hydrogens is 331 g/mol. The summed E-state index contributed by atoms with van der Waals surface area (Å²) in [5, 5.41) is 8.78. The number of nitrogens with zero attached hydrogens (tertiary/aromatic N) is 5. The largest absolute Gasteiger partial charge is 0.433 e. The maximum Gasteiger partial charge on any atom is 0.433 e. The molecule has 8 heteroatoms. The number of rotatable bonds is 3. The quantitative estimate of drug-likeness (QED) is 0.854. The van der Waals surface area contributed by atoms with Crippen LogP contribution in [0.3, 0.4) is 0 Å². The number of pyridine rings is 2. The van der Waals surface area contributed by atoms with Gasteiger partial charge in [0.2, 0.25) is 0 Å². The van der Waals surface area contributed by atoms with Gasteiger partial charge >= 0.3 is 6.18 Å². The van der Waals surface area contributed by atoms with Crippen molar-refractivity contribution >= 4 is 5.69 Å². The van der Waals surface area contributed by atoms with Gasteiger partial charge in [0, 0.05) is 38.9 Å². The standard InChI is InChI=1S/C17H16F3N5/c18-17(19,20)16-13(2-1-5-22-16)12-24-6-8-25(9-7-24)15-4-3-14(10-21)23-11-15/h1-5,11H,6-9,12H2. The predicted octanol–water partition coefficient (Wildman–Crippen LogP) is 2.69. The van der Waals surface area contributed by atoms with E-state index >= 15 is 0 Å². The lowest BCUT2D eigenvalue weighted by Crippen LogP contribution is -2.46. The van der Waals surface area contributed by atoms with Crippen molar-refractivity contribution in [3.8, 4) is 6.07 Å². The SMILES string of the molecule is N#Cc1ccc(N2CCN(Cc3cccnc3C(F)(F)F)CC2)cn1. The maximum absolute atomic E-state index is 13.0. The fourth-order valence-electron chi connectivity index (χ4n) is 2.87. The average molecular weight is 347 g/mol. The van der Waals surface area contributed by atoms with Gasteiger partial charge in [-0.2, -0.15) is 18.4 Å². The van der Waals surface area contributed by atoms with Gasteiger partial charge in [0.1, 0.15) is 17.5 Å². The second-order valence-corrected chi connectivity index (χ2v) is 5.79. The third-order valence-corrected chi connectivity index (χ3v) is 4.15. The van der Waals surface area contributed by atoms with Gasteiger partial charge in [-0.15, -0.1) is 0 Å². The van der Waals surface area contributed by atoms with Gasteiger partial charge in [0.15, 0.2) is 0 Å². The van der Waals surface area contributed by atoms with Crippen LogP contribution in [0, 0.1) is 11.3 Å². The Bertz CT molecular complexity index is 759. The summed E-state index contributed by atoms with van der Waals surface area (Å²) < 4.78 is 39.1. The zero-order chi connectivity index (χ0) is 17.9. The fourth-order valence-corrected chi connectivity index (χ4v) is 2.87. The first-order chi connectivity index (χ1) is 12.0. The molecule has 1 aliphatic heterocycles. The van der Waals surface area contributed by atoms with E-state index in [1.165, 1.54) is 18.3 Å². The summed E-state index contributed by atoms with van der Waals surface area (Å²) in [6, 6.07) is 8.48. The maximum atomic E-state index is 13.0. The number of piperazine rings is 1. The van der Waals surface area contributed by atoms with E-state index in [2.05, 4.69) is 14.9 Å². The molecule has 3 rings (SSSR count). The molecule has 1 fully saturated rings. The third-order valence-electron chi connectivity index (χ3n) is 4.15. The van der Waals surface area contributed by atoms with Gasteiger partial charge < -0.3 is 4.90 Å². The molecule has 2 aromatic rings. The summed E-state index contributed by atoms with van der Waals surface area (Å²) in [6.45, 7) is 2.89. The molecule has 0 atom stereocenters. The molecule has 2 aromatic heterocycles. The van der Waals surface area contributed by atoms with E-state index in [0.29, 0.717) is 31.9 Å². The van der Waals surface area contributed by atoms with Crippen molar-refractivity contribution < 1.29 is 13.2 Å². The minimum absolute atomic E-state index is 0.198. The van der Waals surface area contributed by atoms with Crippen molar-refractivity contribution in [3.63, 3.8) is 0 Å². The van der Waals surface area contributed by atoms with Crippen LogP contribution in [0.4, 0.5) is 18.9 Å². The number of nitriles is 1. The fraction of sp³-hybridized carbons (Fsp3) is 0.353. The van der Waals surface area contributed by atoms with Crippen LogP contribution in [0.25, 0.3) is 0 Å². The Morgan fingerprint density at radius 1 is 1.08 bits per heavy atom. The van der Waals surface area contributed by atoms with Crippen molar-refractivity contribution in [2.75, 3.05) is 31.1 Å². The first kappa shape index (κ1) is 17.2. The smallest absolute Gasteiger partial charge is 0.368 e. The topological polar surface area (TPSA) is 56.1 Å². The van der Waals surface area contributed by atoms with Gasteiger partial charge in [-0.3, -0.25) is 9.88 Å². The van der Waals surface area contributed by atoms with Gasteiger partial charge in [0.05, 0.1) is 11.9 Å². The Balaban J connectivity index is 1.63. The summed E-state index contributed by atoms with van der Waals surface area (Å²) in [5.74, 6) is 0. The summed E-state index contributed by atoms with van der Waals surface area (Å²) in [7, 11) is 0. The minimum Gasteiger partial charge on any atom is -0.368 e. The van der Waals surface area contributed by atoms with Crippen LogP contribution in [0.1, 0.15) is 17.0 Å². The lowest BCUT2D eigenvalue weighted by molar-refractivity contribution is -0.142. The molecule has 0 amide bonds. The van der Waals surface area contributed by atoms with E-state index in [-0.39, 0.29) is 12.1 Å². The number of hydrogen-bond acceptors (Lipinski definition) is 5. The van der Waals surface area contributed by atoms with Gasteiger partial charge in [0.25, 0.3) is 0 Å². The molecule has 1 saturated heterocycles. The summed E-state index contributed by atoms with van der Waals surface area (Å²) in [6.07, 6.45) is -1.62. The first-order valence-electron chi connectivity index (χ1n) is 7.82. The van der Waals surface area contributed by atoms with E-state index in [0.717, 1.165) is 5.69 Å². The minimum atomic E-state index is -4.44. The molecule has 0 bridgehead atoms. The highest BCUT2D eigenvalue weighted by molar-refractivity contribution is 5.46. The molecule has 1 aliphatic rings. The monoisotopic (exact) mass is 347 g/mol. The Kier molecular flexibility index (Phi) is 4.86. The lowest BCUT2D eigenvalue weighted by atomic mass is 10.1. The zero-order valence-corrected chi connectivity index (χ0v) is 13.4. The Morgan fingerprint density at radius 3 is 2.44 bits per heavy atom. The molecule has 0 saturated carbocycles. The van der Waals surface area contributed by atoms with Crippen molar-refractivity contribution in [2.45, 2.75) is 12.7 Å². The number of anilines is 1. The van der Waals surface area contributed by atoms with Crippen molar-refractivity contribution in [2.24, 2.45) is 0 Å². The second kappa shape index (κ2) is 7.07. The molecule has 3 heterocycles. The second-order valence-electron chi connectivity index (χ2n) is 5.79. The molecule has 25 heavy (non-hydrogen) atoms. The van der Waals surface area contributed by atoms with Crippen molar-refractivity contribution in [3.05, 3.63) is 53.6 Å². The molecule has 0 spiro atoms. The highest BCUT2D eigenvalue weighted by Gasteiger charge is 2.35. The van der Waals surface area contributed by atoms with E-state index in [4.69, 9.17) is 5.26 Å². The molecule has 0 N–H and O–H groups in total. The van der Waals surface area contributed by atoms with Crippen LogP contribution < -0.4 is 4.90 Å². The van der Waals surface area contributed by atoms with Crippen molar-refractivity contribution in [1.82, 2.24) is 14.9 Å². The Hall–Kier alpha value is -2.66. The number of aromatic nitrogens is 2. The van der Waals surface area contributed by atoms with Crippen LogP contribution >= 0.6 is 0 Å². The average Bonchev–Trinajstić information content (AvgIpc) is 2.62. The normalized spacial score (nSPS) is 15.8. The molecule has 0 aromatic carbocycles. The number of hydrogen-bond donors (Lipinski definition) is 0. The van der Waals surface area contributed by atoms with Crippen LogP contribution in [0.5, 0.6) is 0 Å². The Labute approximate surface area is 143 Å². The highest BCUT2D eigenvalue weighted by atomic mass is 19.4. The molecule has 0 aliphatic carbocycles. The van der Waals surface area contributed by atoms with Crippen molar-refractivity contribution in [1.29, 1.82) is 5.26 Å². The number of halogens is 3. The zero-order valence-electron chi connectivity index (χ0n) is 13.4. The first-order valence-corrected chi connectivity index (χ1v) is 7.82. The molecule has 0 unspecified atom stereocenters. The highest BCUT2D eigenvalue weighted by Crippen LogP contribution is 2.30. The Morgan fingerprint density at radius 2 is 1.84 bits per heavy atom. The predicted molar refractivity (Wildman–Crippen MR) is 85.7 cm³/mol. The summed E-state index contributed by atoms with van der Waals surface area (Å²) in [4.78, 5) is 11.6. The lowest BCUT2D eigenvalue weighted by Gasteiger charge is -2.36. The van der Waals surface area contributed by atoms with Gasteiger partial charge in [-0.25, -0.2) is 4.98 Å². The van der Waals surface area contributed by atoms with Gasteiger partial charge in [-0.05, 0) is 23.8 Å². The van der Waals surface area contributed by atoms with Crippen LogP contribution in [0.15, 0.2) is 36.7 Å². The van der Waals surface area contributed by atoms with E-state index in [1.807, 2.05) is 17.0 Å². The van der Waals surface area contributed by atoms with E-state index in [9.17, 15) is 13.2 Å². The molecule has 5 nitrogen and oxygen atoms in total.